The number of benzene rings is 4. The van der Waals surface area contributed by atoms with E-state index in [1.165, 1.54) is 4.90 Å². The maximum Gasteiger partial charge on any atom is 0.327 e. The molecule has 0 bridgehead atoms. The fraction of sp³-hybridized carbons (Fsp3) is 0.229. The van der Waals surface area contributed by atoms with Crippen molar-refractivity contribution in [1.29, 1.82) is 0 Å². The van der Waals surface area contributed by atoms with Crippen molar-refractivity contribution in [3.8, 4) is 11.5 Å². The van der Waals surface area contributed by atoms with Crippen molar-refractivity contribution in [1.82, 2.24) is 9.80 Å². The highest BCUT2D eigenvalue weighted by Crippen LogP contribution is 2.36. The summed E-state index contributed by atoms with van der Waals surface area (Å²) in [6.07, 6.45) is 0.256. The Labute approximate surface area is 247 Å². The number of ether oxygens (including phenoxy) is 2. The molecular weight excluding hydrogens is 526 g/mol. The standard InChI is InChI=1S/C35H35N3O4/c1-24-33(28-18-12-7-13-19-28)38(35(40)37(24)2)34(39)29(22-25-20-21-30(41-3)31(23-25)42-4)36-32(26-14-8-5-9-15-26)27-16-10-6-11-17-27/h5-21,23-24,29,33H,22H2,1-4H3/t24-,29-,33-/m1/s1. The molecule has 4 aromatic rings. The number of nitrogens with zero attached hydrogens (tertiary/aromatic N) is 3. The van der Waals surface area contributed by atoms with Crippen LogP contribution in [-0.4, -0.2) is 60.8 Å². The van der Waals surface area contributed by atoms with Crippen LogP contribution in [0.1, 0.15) is 35.2 Å². The first kappa shape index (κ1) is 28.6. The fourth-order valence-electron chi connectivity index (χ4n) is 5.44. The average molecular weight is 562 g/mol. The van der Waals surface area contributed by atoms with Crippen LogP contribution in [0, 0.1) is 0 Å². The number of hydrogen-bond acceptors (Lipinski definition) is 5. The molecule has 214 valence electrons. The number of urea groups is 1. The largest absolute Gasteiger partial charge is 0.493 e. The van der Waals surface area contributed by atoms with Gasteiger partial charge in [0.25, 0.3) is 5.91 Å². The number of carbonyl (C=O) groups is 2. The molecule has 0 saturated carbocycles. The predicted octanol–water partition coefficient (Wildman–Crippen LogP) is 6.18. The molecule has 1 fully saturated rings. The molecule has 7 nitrogen and oxygen atoms in total. The van der Waals surface area contributed by atoms with Crippen molar-refractivity contribution in [2.75, 3.05) is 21.3 Å². The molecule has 3 amide bonds. The normalized spacial score (nSPS) is 17.1. The summed E-state index contributed by atoms with van der Waals surface area (Å²) in [6.45, 7) is 1.97. The van der Waals surface area contributed by atoms with E-state index in [0.29, 0.717) is 17.2 Å². The lowest BCUT2D eigenvalue weighted by Crippen LogP contribution is -2.43. The topological polar surface area (TPSA) is 71.4 Å². The number of hydrogen-bond donors (Lipinski definition) is 0. The van der Waals surface area contributed by atoms with E-state index in [1.807, 2.05) is 116 Å². The molecule has 4 aromatic carbocycles. The molecule has 1 aliphatic heterocycles. The van der Waals surface area contributed by atoms with Crippen molar-refractivity contribution in [3.05, 3.63) is 131 Å². The highest BCUT2D eigenvalue weighted by atomic mass is 16.5. The maximum absolute atomic E-state index is 14.6. The molecule has 3 atom stereocenters. The van der Waals surface area contributed by atoms with Crippen LogP contribution in [0.3, 0.4) is 0 Å². The van der Waals surface area contributed by atoms with Gasteiger partial charge in [0.1, 0.15) is 6.04 Å². The molecule has 1 heterocycles. The molecule has 1 aliphatic rings. The third-order valence-electron chi connectivity index (χ3n) is 7.77. The van der Waals surface area contributed by atoms with E-state index in [4.69, 9.17) is 14.5 Å². The Hall–Kier alpha value is -4.91. The Morgan fingerprint density at radius 3 is 1.90 bits per heavy atom. The molecule has 0 aromatic heterocycles. The number of imide groups is 1. The van der Waals surface area contributed by atoms with E-state index >= 15 is 0 Å². The minimum absolute atomic E-state index is 0.211. The van der Waals surface area contributed by atoms with Gasteiger partial charge in [0.05, 0.1) is 32.0 Å². The second-order valence-electron chi connectivity index (χ2n) is 10.3. The summed E-state index contributed by atoms with van der Waals surface area (Å²) in [5.74, 6) is 0.796. The van der Waals surface area contributed by atoms with Gasteiger partial charge >= 0.3 is 6.03 Å². The lowest BCUT2D eigenvalue weighted by molar-refractivity contribution is -0.130. The van der Waals surface area contributed by atoms with E-state index in [9.17, 15) is 9.59 Å². The van der Waals surface area contributed by atoms with Gasteiger partial charge in [-0.1, -0.05) is 97.1 Å². The van der Waals surface area contributed by atoms with Crippen LogP contribution < -0.4 is 9.47 Å². The van der Waals surface area contributed by atoms with Gasteiger partial charge in [-0.2, -0.15) is 0 Å². The first-order chi connectivity index (χ1) is 20.4. The van der Waals surface area contributed by atoms with E-state index in [1.54, 1.807) is 26.2 Å². The number of amides is 3. The maximum atomic E-state index is 14.6. The summed E-state index contributed by atoms with van der Waals surface area (Å²) in [7, 11) is 4.90. The van der Waals surface area contributed by atoms with Gasteiger partial charge in [-0.15, -0.1) is 0 Å². The minimum atomic E-state index is -0.896. The van der Waals surface area contributed by atoms with Crippen LogP contribution in [0.15, 0.2) is 114 Å². The van der Waals surface area contributed by atoms with Gasteiger partial charge in [0.2, 0.25) is 0 Å². The summed E-state index contributed by atoms with van der Waals surface area (Å²) in [6, 6.07) is 33.0. The second-order valence-corrected chi connectivity index (χ2v) is 10.3. The van der Waals surface area contributed by atoms with Crippen LogP contribution in [0.2, 0.25) is 0 Å². The number of carbonyl (C=O) groups excluding carboxylic acids is 2. The SMILES string of the molecule is COc1ccc(C[C@@H](N=C(c2ccccc2)c2ccccc2)C(=O)N2C(=O)N(C)[C@H](C)[C@@H]2c2ccccc2)cc1OC. The van der Waals surface area contributed by atoms with Crippen molar-refractivity contribution < 1.29 is 19.1 Å². The molecule has 0 spiro atoms. The van der Waals surface area contributed by atoms with Gasteiger partial charge in [0.15, 0.2) is 11.5 Å². The van der Waals surface area contributed by atoms with Crippen molar-refractivity contribution in [3.63, 3.8) is 0 Å². The summed E-state index contributed by atoms with van der Waals surface area (Å²) in [4.78, 5) is 36.4. The van der Waals surface area contributed by atoms with Gasteiger partial charge in [-0.05, 0) is 30.2 Å². The highest BCUT2D eigenvalue weighted by molar-refractivity contribution is 6.14. The third-order valence-corrected chi connectivity index (χ3v) is 7.77. The van der Waals surface area contributed by atoms with E-state index in [0.717, 1.165) is 22.3 Å². The van der Waals surface area contributed by atoms with Gasteiger partial charge in [-0.25, -0.2) is 4.79 Å². The molecule has 42 heavy (non-hydrogen) atoms. The Balaban J connectivity index is 1.64. The molecular formula is C35H35N3O4. The van der Waals surface area contributed by atoms with Crippen LogP contribution in [-0.2, 0) is 11.2 Å². The minimum Gasteiger partial charge on any atom is -0.493 e. The second kappa shape index (κ2) is 12.7. The molecule has 0 radical (unpaired) electrons. The van der Waals surface area contributed by atoms with Crippen molar-refractivity contribution >= 4 is 17.6 Å². The molecule has 0 N–H and O–H groups in total. The first-order valence-electron chi connectivity index (χ1n) is 14.0. The molecule has 0 unspecified atom stereocenters. The van der Waals surface area contributed by atoms with Crippen molar-refractivity contribution in [2.45, 2.75) is 31.5 Å². The lowest BCUT2D eigenvalue weighted by Gasteiger charge is -2.27. The predicted molar refractivity (Wildman–Crippen MR) is 164 cm³/mol. The van der Waals surface area contributed by atoms with Gasteiger partial charge in [0, 0.05) is 24.6 Å². The average Bonchev–Trinajstić information content (AvgIpc) is 3.27. The first-order valence-corrected chi connectivity index (χ1v) is 14.0. The van der Waals surface area contributed by atoms with Gasteiger partial charge in [-0.3, -0.25) is 14.7 Å². The summed E-state index contributed by atoms with van der Waals surface area (Å²) in [5.41, 5.74) is 4.17. The van der Waals surface area contributed by atoms with Crippen LogP contribution in [0.25, 0.3) is 0 Å². The Morgan fingerprint density at radius 1 is 0.810 bits per heavy atom. The third kappa shape index (κ3) is 5.77. The Morgan fingerprint density at radius 2 is 1.36 bits per heavy atom. The van der Waals surface area contributed by atoms with E-state index in [2.05, 4.69) is 0 Å². The Kier molecular flexibility index (Phi) is 8.67. The smallest absolute Gasteiger partial charge is 0.327 e. The zero-order valence-corrected chi connectivity index (χ0v) is 24.3. The van der Waals surface area contributed by atoms with E-state index < -0.39 is 12.1 Å². The van der Waals surface area contributed by atoms with Crippen LogP contribution in [0.4, 0.5) is 4.79 Å². The van der Waals surface area contributed by atoms with Crippen LogP contribution >= 0.6 is 0 Å². The quantitative estimate of drug-likeness (QED) is 0.229. The number of methoxy groups -OCH3 is 2. The number of rotatable bonds is 9. The number of likely N-dealkylation sites (N-methyl/N-ethyl adjacent to an activating group) is 1. The van der Waals surface area contributed by atoms with E-state index in [-0.39, 0.29) is 24.4 Å². The summed E-state index contributed by atoms with van der Waals surface area (Å²) < 4.78 is 11.0. The molecule has 7 heteroatoms. The van der Waals surface area contributed by atoms with Crippen LogP contribution in [0.5, 0.6) is 11.5 Å². The molecule has 1 saturated heterocycles. The highest BCUT2D eigenvalue weighted by Gasteiger charge is 2.47. The molecule has 5 rings (SSSR count). The zero-order chi connectivity index (χ0) is 29.6. The van der Waals surface area contributed by atoms with Crippen molar-refractivity contribution in [2.24, 2.45) is 4.99 Å². The summed E-state index contributed by atoms with van der Waals surface area (Å²) in [5, 5.41) is 0. The lowest BCUT2D eigenvalue weighted by atomic mass is 9.97. The zero-order valence-electron chi connectivity index (χ0n) is 24.3. The summed E-state index contributed by atoms with van der Waals surface area (Å²) >= 11 is 0. The Bertz CT molecular complexity index is 1520. The fourth-order valence-corrected chi connectivity index (χ4v) is 5.44. The monoisotopic (exact) mass is 561 g/mol. The van der Waals surface area contributed by atoms with Gasteiger partial charge < -0.3 is 14.4 Å². The molecule has 0 aliphatic carbocycles. The number of aliphatic imine (C=N–C) groups is 1.